The van der Waals surface area contributed by atoms with Crippen LogP contribution in [-0.2, 0) is 28.1 Å². The van der Waals surface area contributed by atoms with Crippen LogP contribution in [0.3, 0.4) is 0 Å². The van der Waals surface area contributed by atoms with Crippen molar-refractivity contribution >= 4 is 20.5 Å². The van der Waals surface area contributed by atoms with E-state index in [9.17, 15) is 9.59 Å². The number of nitrogens with zero attached hydrogens (tertiary/aromatic N) is 3. The Morgan fingerprint density at radius 2 is 1.79 bits per heavy atom. The van der Waals surface area contributed by atoms with Gasteiger partial charge in [-0.05, 0) is 139 Å². The van der Waals surface area contributed by atoms with Gasteiger partial charge in [0.05, 0.1) is 37.9 Å². The lowest BCUT2D eigenvalue weighted by atomic mass is 9.47. The van der Waals surface area contributed by atoms with E-state index < -0.39 is 8.53 Å². The maximum atomic E-state index is 13.3. The molecule has 14 atom stereocenters. The quantitative estimate of drug-likeness (QED) is 0.0973. The third-order valence-electron chi connectivity index (χ3n) is 16.7. The van der Waals surface area contributed by atoms with Gasteiger partial charge in [-0.3, -0.25) is 4.79 Å². The summed E-state index contributed by atoms with van der Waals surface area (Å²) in [4.78, 5) is 28.2. The third-order valence-corrected chi connectivity index (χ3v) is 18.9. The van der Waals surface area contributed by atoms with Gasteiger partial charge in [-0.25, -0.2) is 9.46 Å². The second-order valence-corrected chi connectivity index (χ2v) is 22.6. The van der Waals surface area contributed by atoms with Crippen LogP contribution in [0.1, 0.15) is 166 Å². The van der Waals surface area contributed by atoms with E-state index in [4.69, 9.17) is 28.5 Å². The van der Waals surface area contributed by atoms with Gasteiger partial charge in [0.15, 0.2) is 5.79 Å². The van der Waals surface area contributed by atoms with E-state index in [1.165, 1.54) is 31.3 Å². The summed E-state index contributed by atoms with van der Waals surface area (Å²) in [5.41, 5.74) is 2.02. The molecule has 6 fully saturated rings. The molecule has 3 aliphatic heterocycles. The number of carbonyl (C=O) groups is 2. The zero-order valence-corrected chi connectivity index (χ0v) is 39.5. The van der Waals surface area contributed by atoms with Gasteiger partial charge in [0.2, 0.25) is 5.91 Å². The molecule has 7 aliphatic rings. The fraction of sp³-hybridized carbons (Fsp3) is 0.898. The Balaban J connectivity index is 0.00000622. The van der Waals surface area contributed by atoms with Crippen molar-refractivity contribution < 1.29 is 32.8 Å². The van der Waals surface area contributed by atoms with E-state index in [0.717, 1.165) is 64.4 Å². The lowest BCUT2D eigenvalue weighted by Crippen LogP contribution is -2.52. The molecule has 346 valence electrons. The molecule has 0 radical (unpaired) electrons. The van der Waals surface area contributed by atoms with Crippen LogP contribution in [0.4, 0.5) is 4.79 Å². The molecule has 0 aromatic rings. The van der Waals surface area contributed by atoms with Crippen molar-refractivity contribution in [1.82, 2.24) is 14.9 Å². The monoisotopic (exact) mass is 871 g/mol. The Labute approximate surface area is 371 Å². The number of rotatable bonds is 15. The van der Waals surface area contributed by atoms with Gasteiger partial charge in [-0.2, -0.15) is 5.26 Å². The number of amides is 2. The van der Waals surface area contributed by atoms with Crippen molar-refractivity contribution in [2.45, 2.75) is 208 Å². The van der Waals surface area contributed by atoms with Crippen LogP contribution < -0.4 is 5.32 Å². The molecule has 3 saturated heterocycles. The topological polar surface area (TPSA) is 123 Å². The van der Waals surface area contributed by atoms with Crippen LogP contribution in [0, 0.1) is 57.7 Å². The second-order valence-electron chi connectivity index (χ2n) is 21.2. The number of hydrogen-bond donors (Lipinski definition) is 1. The predicted octanol–water partition coefficient (Wildman–Crippen LogP) is 10.9. The molecule has 0 aromatic heterocycles. The molecule has 3 saturated carbocycles. The lowest BCUT2D eigenvalue weighted by Gasteiger charge is -2.58. The molecule has 0 aromatic carbocycles. The van der Waals surface area contributed by atoms with Crippen LogP contribution in [0.5, 0.6) is 0 Å². The molecule has 7 rings (SSSR count). The molecule has 61 heavy (non-hydrogen) atoms. The molecule has 4 aliphatic carbocycles. The number of alkyl carbamates (subject to hydrolysis) is 1. The highest BCUT2D eigenvalue weighted by Gasteiger charge is 2.68. The first kappa shape index (κ1) is 48.7. The molecule has 2 unspecified atom stereocenters. The minimum absolute atomic E-state index is 0. The highest BCUT2D eigenvalue weighted by molar-refractivity contribution is 7.44. The van der Waals surface area contributed by atoms with Crippen LogP contribution in [0.2, 0.25) is 0 Å². The molecule has 11 nitrogen and oxygen atoms in total. The lowest BCUT2D eigenvalue weighted by molar-refractivity contribution is -0.272. The van der Waals surface area contributed by atoms with Gasteiger partial charge in [0, 0.05) is 56.4 Å². The van der Waals surface area contributed by atoms with Crippen LogP contribution in [0.15, 0.2) is 11.6 Å². The summed E-state index contributed by atoms with van der Waals surface area (Å²) in [5.74, 6) is 3.55. The Hall–Kier alpha value is -1.80. The largest absolute Gasteiger partial charge is 0.446 e. The molecule has 1 spiro atoms. The summed E-state index contributed by atoms with van der Waals surface area (Å²) in [7, 11) is -1.34. The first-order valence-corrected chi connectivity index (χ1v) is 25.2. The summed E-state index contributed by atoms with van der Waals surface area (Å²) in [5, 5.41) is 12.0. The second kappa shape index (κ2) is 20.2. The molecule has 2 amide bonds. The summed E-state index contributed by atoms with van der Waals surface area (Å²) < 4.78 is 34.4. The number of nitriles is 1. The smallest absolute Gasteiger partial charge is 0.407 e. The fourth-order valence-electron chi connectivity index (χ4n) is 13.7. The Bertz CT molecular complexity index is 1570. The van der Waals surface area contributed by atoms with Gasteiger partial charge < -0.3 is 33.5 Å². The van der Waals surface area contributed by atoms with E-state index >= 15 is 0 Å². The number of allylic oxidation sites excluding steroid dienone is 1. The van der Waals surface area contributed by atoms with Gasteiger partial charge in [0.1, 0.15) is 6.10 Å². The van der Waals surface area contributed by atoms with Crippen LogP contribution in [0.25, 0.3) is 0 Å². The molecular formula is C49H83N4O7P. The normalized spacial score (nSPS) is 39.5. The van der Waals surface area contributed by atoms with Gasteiger partial charge in [-0.15, -0.1) is 0 Å². The van der Waals surface area contributed by atoms with Crippen molar-refractivity contribution in [3.63, 3.8) is 0 Å². The number of carbonyl (C=O) groups excluding carboxylic acids is 2. The maximum Gasteiger partial charge on any atom is 0.407 e. The van der Waals surface area contributed by atoms with Crippen molar-refractivity contribution in [2.75, 3.05) is 26.3 Å². The van der Waals surface area contributed by atoms with Gasteiger partial charge in [0.25, 0.3) is 8.53 Å². The SMILES string of the molecule is C.CC(C)N(C(C)C)P(OCCC#N)O[C@@H]1C[C@@H](C)N(C(=O)CCCCCNC(=O)O[C@H]2CC[C@@]3(C)C(=CC[C@H]4[C@@H]5C[C@@H]6OC7(CC[C@@H](C)CO7)[C@@H](C)[C@@H]6[C@@]5(C)CC[C@@H]43)C2)C1. The first-order valence-electron chi connectivity index (χ1n) is 24.1. The van der Waals surface area contributed by atoms with Crippen molar-refractivity contribution in [3.05, 3.63) is 11.6 Å². The number of unbranched alkanes of at least 4 members (excludes halogenated alkanes) is 2. The zero-order chi connectivity index (χ0) is 43.0. The standard InChI is InChI=1S/C48H79N4O7P.CH4/c1-31(2)52(32(3)4)60(56-25-13-23-49)59-38-26-34(6)51(29-38)43(53)14-11-10-12-24-50-45(54)57-37-18-20-46(8)36(27-37)15-16-39-40(46)19-21-47(9)41(39)28-42-44(47)35(7)48(58-42)22-17-33(5)30-55-48;/h15,31-35,37-42,44H,10-14,16-22,24-30H2,1-9H3,(H,50,54);1H4/t33-,34-,35+,37+,38-,39-,40+,41+,42+,44+,46+,47+,48?,60?;/m1./s1. The number of fused-ring (bicyclic) bond motifs is 7. The average molecular weight is 871 g/mol. The Morgan fingerprint density at radius 1 is 1.02 bits per heavy atom. The van der Waals surface area contributed by atoms with E-state index in [-0.39, 0.29) is 61.0 Å². The van der Waals surface area contributed by atoms with E-state index in [0.29, 0.717) is 79.6 Å². The van der Waals surface area contributed by atoms with Crippen LogP contribution in [-0.4, -0.2) is 90.1 Å². The van der Waals surface area contributed by atoms with E-state index in [2.05, 4.69) is 84.4 Å². The first-order chi connectivity index (χ1) is 28.6. The highest BCUT2D eigenvalue weighted by Crippen LogP contribution is 2.70. The van der Waals surface area contributed by atoms with E-state index in [1.807, 2.05) is 4.90 Å². The molecule has 12 heteroatoms. The van der Waals surface area contributed by atoms with E-state index in [1.54, 1.807) is 0 Å². The third kappa shape index (κ3) is 9.91. The van der Waals surface area contributed by atoms with Gasteiger partial charge >= 0.3 is 6.09 Å². The number of nitrogens with one attached hydrogen (secondary N) is 1. The number of hydrogen-bond acceptors (Lipinski definition) is 9. The Kier molecular flexibility index (Phi) is 16.1. The highest BCUT2D eigenvalue weighted by atomic mass is 31.2. The molecular weight excluding hydrogens is 788 g/mol. The van der Waals surface area contributed by atoms with Gasteiger partial charge in [-0.1, -0.05) is 53.2 Å². The minimum atomic E-state index is -1.34. The molecule has 1 N–H and O–H groups in total. The molecule has 3 heterocycles. The zero-order valence-electron chi connectivity index (χ0n) is 38.6. The maximum absolute atomic E-state index is 13.3. The minimum Gasteiger partial charge on any atom is -0.446 e. The Morgan fingerprint density at radius 3 is 2.49 bits per heavy atom. The average Bonchev–Trinajstić information content (AvgIpc) is 3.81. The number of ether oxygens (including phenoxy) is 3. The summed E-state index contributed by atoms with van der Waals surface area (Å²) >= 11 is 0. The summed E-state index contributed by atoms with van der Waals surface area (Å²) in [6, 6.07) is 2.72. The number of likely N-dealkylation sites (tertiary alicyclic amines) is 1. The predicted molar refractivity (Wildman–Crippen MR) is 241 cm³/mol. The van der Waals surface area contributed by atoms with Crippen molar-refractivity contribution in [3.8, 4) is 6.07 Å². The summed E-state index contributed by atoms with van der Waals surface area (Å²) in [6.45, 7) is 22.8. The van der Waals surface area contributed by atoms with Crippen molar-refractivity contribution in [2.24, 2.45) is 46.3 Å². The fourth-order valence-corrected chi connectivity index (χ4v) is 15.4. The van der Waals surface area contributed by atoms with Crippen LogP contribution >= 0.6 is 8.53 Å². The molecule has 0 bridgehead atoms. The summed E-state index contributed by atoms with van der Waals surface area (Å²) in [6.07, 6.45) is 16.4. The van der Waals surface area contributed by atoms with Crippen molar-refractivity contribution in [1.29, 1.82) is 5.26 Å².